The predicted molar refractivity (Wildman–Crippen MR) is 77.6 cm³/mol. The Morgan fingerprint density at radius 1 is 1.32 bits per heavy atom. The lowest BCUT2D eigenvalue weighted by Crippen LogP contribution is -2.49. The molecule has 0 spiro atoms. The van der Waals surface area contributed by atoms with Gasteiger partial charge in [-0.3, -0.25) is 9.59 Å². The van der Waals surface area contributed by atoms with Gasteiger partial charge in [0.05, 0.1) is 30.6 Å². The fraction of sp³-hybridized carbons (Fsp3) is 0.857. The van der Waals surface area contributed by atoms with Crippen molar-refractivity contribution in [2.24, 2.45) is 17.0 Å². The lowest BCUT2D eigenvalue weighted by Gasteiger charge is -2.37. The van der Waals surface area contributed by atoms with E-state index in [9.17, 15) is 14.7 Å². The van der Waals surface area contributed by atoms with E-state index in [1.165, 1.54) is 0 Å². The zero-order valence-electron chi connectivity index (χ0n) is 13.4. The highest BCUT2D eigenvalue weighted by Crippen LogP contribution is 2.35. The van der Waals surface area contributed by atoms with Gasteiger partial charge in [0.25, 0.3) is 0 Å². The van der Waals surface area contributed by atoms with E-state index >= 15 is 0 Å². The summed E-state index contributed by atoms with van der Waals surface area (Å²) in [5.41, 5.74) is 7.93. The highest BCUT2D eigenvalue weighted by atomic mass is 16.6. The van der Waals surface area contributed by atoms with Crippen molar-refractivity contribution in [1.82, 2.24) is 0 Å². The van der Waals surface area contributed by atoms with Crippen LogP contribution in [0.1, 0.15) is 40.5 Å². The first-order valence-corrected chi connectivity index (χ1v) is 7.33. The number of aliphatic hydroxyl groups is 1. The summed E-state index contributed by atoms with van der Waals surface area (Å²) in [4.78, 5) is 27.2. The van der Waals surface area contributed by atoms with E-state index in [2.05, 4.69) is 10.0 Å². The molecule has 0 aliphatic heterocycles. The van der Waals surface area contributed by atoms with Crippen molar-refractivity contribution in [1.29, 1.82) is 0 Å². The van der Waals surface area contributed by atoms with Crippen molar-refractivity contribution < 1.29 is 24.2 Å². The zero-order valence-corrected chi connectivity index (χ0v) is 13.4. The van der Waals surface area contributed by atoms with Crippen LogP contribution in [0.2, 0.25) is 0 Å². The van der Waals surface area contributed by atoms with Crippen LogP contribution in [0.25, 0.3) is 10.4 Å². The molecule has 0 aromatic heterocycles. The minimum atomic E-state index is -1.04. The monoisotopic (exact) mass is 313 g/mol. The summed E-state index contributed by atoms with van der Waals surface area (Å²) in [7, 11) is 0. The third kappa shape index (κ3) is 4.61. The van der Waals surface area contributed by atoms with Crippen LogP contribution in [0, 0.1) is 11.8 Å². The van der Waals surface area contributed by atoms with Gasteiger partial charge in [0.15, 0.2) is 0 Å². The normalized spacial score (nSPS) is 28.4. The molecule has 1 aliphatic carbocycles. The molecule has 1 saturated carbocycles. The van der Waals surface area contributed by atoms with Gasteiger partial charge in [-0.05, 0) is 46.1 Å². The average Bonchev–Trinajstić information content (AvgIpc) is 2.39. The van der Waals surface area contributed by atoms with Crippen molar-refractivity contribution in [3.63, 3.8) is 0 Å². The first-order chi connectivity index (χ1) is 10.2. The van der Waals surface area contributed by atoms with Crippen molar-refractivity contribution >= 4 is 11.9 Å². The summed E-state index contributed by atoms with van der Waals surface area (Å²) in [6.07, 6.45) is -0.451. The quantitative estimate of drug-likeness (QED) is 0.368. The Balaban J connectivity index is 3.12. The largest absolute Gasteiger partial charge is 0.466 e. The van der Waals surface area contributed by atoms with E-state index < -0.39 is 41.5 Å². The van der Waals surface area contributed by atoms with Crippen LogP contribution in [-0.2, 0) is 19.1 Å². The third-order valence-electron chi connectivity index (χ3n) is 3.42. The van der Waals surface area contributed by atoms with E-state index in [1.807, 2.05) is 0 Å². The summed E-state index contributed by atoms with van der Waals surface area (Å²) >= 11 is 0. The standard InChI is InChI=1S/C14H23N3O5/c1-5-21-12(19)8-6-7-9(18)11(16-17-15)10(8)13(20)22-14(2,3)4/h8-11,18H,5-7H2,1-4H3/t8-,9+,10-,11-/m1/s1. The summed E-state index contributed by atoms with van der Waals surface area (Å²) in [5, 5.41) is 13.5. The molecule has 0 amide bonds. The Labute approximate surface area is 129 Å². The van der Waals surface area contributed by atoms with Gasteiger partial charge >= 0.3 is 11.9 Å². The molecule has 0 aromatic rings. The molecule has 0 unspecified atom stereocenters. The maximum Gasteiger partial charge on any atom is 0.310 e. The molecule has 1 rings (SSSR count). The van der Waals surface area contributed by atoms with E-state index in [0.717, 1.165) is 0 Å². The number of hydrogen-bond acceptors (Lipinski definition) is 6. The summed E-state index contributed by atoms with van der Waals surface area (Å²) in [6, 6.07) is -1.04. The topological polar surface area (TPSA) is 122 Å². The Bertz CT molecular complexity index is 468. The van der Waals surface area contributed by atoms with Gasteiger partial charge in [-0.15, -0.1) is 0 Å². The minimum absolute atomic E-state index is 0.186. The third-order valence-corrected chi connectivity index (χ3v) is 3.42. The van der Waals surface area contributed by atoms with Crippen LogP contribution in [0.15, 0.2) is 5.11 Å². The van der Waals surface area contributed by atoms with E-state index in [0.29, 0.717) is 0 Å². The van der Waals surface area contributed by atoms with Crippen LogP contribution in [0.4, 0.5) is 0 Å². The first-order valence-electron chi connectivity index (χ1n) is 7.33. The molecule has 8 heteroatoms. The molecule has 22 heavy (non-hydrogen) atoms. The second-order valence-corrected chi connectivity index (χ2v) is 6.26. The maximum atomic E-state index is 12.4. The second kappa shape index (κ2) is 7.47. The molecule has 0 heterocycles. The molecular formula is C14H23N3O5. The van der Waals surface area contributed by atoms with Crippen LogP contribution >= 0.6 is 0 Å². The van der Waals surface area contributed by atoms with Crippen LogP contribution in [0.3, 0.4) is 0 Å². The molecule has 124 valence electrons. The predicted octanol–water partition coefficient (Wildman–Crippen LogP) is 1.96. The lowest BCUT2D eigenvalue weighted by molar-refractivity contribution is -0.173. The van der Waals surface area contributed by atoms with Crippen molar-refractivity contribution in [2.45, 2.75) is 58.3 Å². The fourth-order valence-corrected chi connectivity index (χ4v) is 2.57. The number of ether oxygens (including phenoxy) is 2. The minimum Gasteiger partial charge on any atom is -0.466 e. The number of rotatable bonds is 4. The highest BCUT2D eigenvalue weighted by molar-refractivity contribution is 5.83. The van der Waals surface area contributed by atoms with Crippen LogP contribution in [0.5, 0.6) is 0 Å². The molecule has 0 saturated heterocycles. The van der Waals surface area contributed by atoms with Crippen molar-refractivity contribution in [3.05, 3.63) is 10.4 Å². The zero-order chi connectivity index (χ0) is 16.9. The Kier molecular flexibility index (Phi) is 6.20. The smallest absolute Gasteiger partial charge is 0.310 e. The number of esters is 2. The van der Waals surface area contributed by atoms with Gasteiger partial charge in [-0.1, -0.05) is 5.11 Å². The van der Waals surface area contributed by atoms with Crippen molar-refractivity contribution in [3.8, 4) is 0 Å². The van der Waals surface area contributed by atoms with Gasteiger partial charge in [-0.2, -0.15) is 0 Å². The molecule has 1 fully saturated rings. The van der Waals surface area contributed by atoms with Gasteiger partial charge in [0.1, 0.15) is 5.60 Å². The number of carbonyl (C=O) groups excluding carboxylic acids is 2. The fourth-order valence-electron chi connectivity index (χ4n) is 2.57. The molecule has 0 aromatic carbocycles. The second-order valence-electron chi connectivity index (χ2n) is 6.26. The van der Waals surface area contributed by atoms with E-state index in [-0.39, 0.29) is 19.4 Å². The van der Waals surface area contributed by atoms with Crippen LogP contribution in [-0.4, -0.2) is 41.4 Å². The first kappa shape index (κ1) is 18.3. The maximum absolute atomic E-state index is 12.4. The molecule has 1 aliphatic rings. The molecule has 1 N–H and O–H groups in total. The van der Waals surface area contributed by atoms with E-state index in [4.69, 9.17) is 15.0 Å². The Hall–Kier alpha value is -1.79. The van der Waals surface area contributed by atoms with Crippen LogP contribution < -0.4 is 0 Å². The molecular weight excluding hydrogens is 290 g/mol. The van der Waals surface area contributed by atoms with Crippen molar-refractivity contribution in [2.75, 3.05) is 6.61 Å². The molecule has 8 nitrogen and oxygen atoms in total. The summed E-state index contributed by atoms with van der Waals surface area (Å²) in [5.74, 6) is -3.03. The molecule has 4 atom stereocenters. The summed E-state index contributed by atoms with van der Waals surface area (Å²) < 4.78 is 10.3. The van der Waals surface area contributed by atoms with E-state index in [1.54, 1.807) is 27.7 Å². The average molecular weight is 313 g/mol. The molecule has 0 bridgehead atoms. The number of nitrogens with zero attached hydrogens (tertiary/aromatic N) is 3. The number of aliphatic hydroxyl groups excluding tert-OH is 1. The Morgan fingerprint density at radius 2 is 1.95 bits per heavy atom. The van der Waals surface area contributed by atoms with Gasteiger partial charge in [0.2, 0.25) is 0 Å². The highest BCUT2D eigenvalue weighted by Gasteiger charge is 2.48. The lowest BCUT2D eigenvalue weighted by atomic mass is 9.74. The number of azide groups is 1. The van der Waals surface area contributed by atoms with Gasteiger partial charge in [-0.25, -0.2) is 0 Å². The van der Waals surface area contributed by atoms with Gasteiger partial charge < -0.3 is 14.6 Å². The Morgan fingerprint density at radius 3 is 2.45 bits per heavy atom. The molecule has 0 radical (unpaired) electrons. The summed E-state index contributed by atoms with van der Waals surface area (Å²) in [6.45, 7) is 6.96. The van der Waals surface area contributed by atoms with Gasteiger partial charge in [0, 0.05) is 4.91 Å². The SMILES string of the molecule is CCOC(=O)[C@@H]1CC[C@H](O)[C@@H](N=[N+]=[N-])[C@@H]1C(=O)OC(C)(C)C. The number of carbonyl (C=O) groups is 2. The number of hydrogen-bond donors (Lipinski definition) is 1.